The molecule has 1 aromatic carbocycles. The highest BCUT2D eigenvalue weighted by Crippen LogP contribution is 2.24. The maximum atomic E-state index is 12.1. The summed E-state index contributed by atoms with van der Waals surface area (Å²) in [5, 5.41) is 18.8. The first-order valence-electron chi connectivity index (χ1n) is 9.10. The summed E-state index contributed by atoms with van der Waals surface area (Å²) >= 11 is 5.01. The topological polar surface area (TPSA) is 70.0 Å². The Morgan fingerprint density at radius 2 is 1.85 bits per heavy atom. The quantitative estimate of drug-likeness (QED) is 0.693. The fourth-order valence-electron chi connectivity index (χ4n) is 2.21. The summed E-state index contributed by atoms with van der Waals surface area (Å²) in [5.74, 6) is 0.237. The van der Waals surface area contributed by atoms with Gasteiger partial charge >= 0.3 is 0 Å². The number of carbonyl (C=O) groups excluding carboxylic acids is 1. The van der Waals surface area contributed by atoms with Crippen LogP contribution in [0.1, 0.15) is 44.5 Å². The Morgan fingerprint density at radius 1 is 1.19 bits per heavy atom. The van der Waals surface area contributed by atoms with Crippen molar-refractivity contribution in [3.05, 3.63) is 47.5 Å². The first-order valence-corrected chi connectivity index (χ1v) is 9.54. The molecule has 1 amide bonds. The highest BCUT2D eigenvalue weighted by atomic mass is 35.5. The lowest BCUT2D eigenvalue weighted by molar-refractivity contribution is 0.0738. The minimum atomic E-state index is -0.229. The highest BCUT2D eigenvalue weighted by Gasteiger charge is 2.20. The van der Waals surface area contributed by atoms with Gasteiger partial charge in [-0.1, -0.05) is 43.7 Å². The zero-order valence-corrected chi connectivity index (χ0v) is 17.4. The van der Waals surface area contributed by atoms with Crippen LogP contribution in [0.3, 0.4) is 0 Å². The molecule has 0 radical (unpaired) electrons. The van der Waals surface area contributed by atoms with Gasteiger partial charge in [0.1, 0.15) is 11.5 Å². The van der Waals surface area contributed by atoms with Crippen molar-refractivity contribution in [3.63, 3.8) is 0 Å². The van der Waals surface area contributed by atoms with Crippen LogP contribution in [0.4, 0.5) is 0 Å². The summed E-state index contributed by atoms with van der Waals surface area (Å²) in [6.07, 6.45) is 6.80. The lowest BCUT2D eigenvalue weighted by Gasteiger charge is -2.20. The lowest BCUT2D eigenvalue weighted by Crippen LogP contribution is -2.33. The van der Waals surface area contributed by atoms with E-state index in [1.165, 1.54) is 23.7 Å². The molecule has 1 fully saturated rings. The van der Waals surface area contributed by atoms with E-state index in [1.54, 1.807) is 11.0 Å². The molecule has 1 aromatic rings. The highest BCUT2D eigenvalue weighted by molar-refractivity contribution is 6.25. The van der Waals surface area contributed by atoms with Crippen molar-refractivity contribution in [2.75, 3.05) is 26.3 Å². The summed E-state index contributed by atoms with van der Waals surface area (Å²) in [6, 6.07) is 3.99. The second-order valence-electron chi connectivity index (χ2n) is 6.19. The summed E-state index contributed by atoms with van der Waals surface area (Å²) in [6.45, 7) is 10.6. The largest absolute Gasteiger partial charge is 0.508 e. The van der Waals surface area contributed by atoms with Crippen LogP contribution in [0.5, 0.6) is 11.5 Å². The molecule has 0 saturated carbocycles. The molecule has 0 spiro atoms. The van der Waals surface area contributed by atoms with Crippen LogP contribution in [0, 0.1) is 5.92 Å². The Bertz CT molecular complexity index is 588. The number of halogens is 1. The minimum absolute atomic E-state index is 0.0572. The van der Waals surface area contributed by atoms with E-state index in [9.17, 15) is 9.90 Å². The molecule has 27 heavy (non-hydrogen) atoms. The molecule has 152 valence electrons. The second-order valence-corrected chi connectivity index (χ2v) is 6.44. The number of rotatable bonds is 2. The molecule has 0 bridgehead atoms. The smallest absolute Gasteiger partial charge is 0.257 e. The van der Waals surface area contributed by atoms with Crippen molar-refractivity contribution in [2.45, 2.75) is 34.1 Å². The molecule has 2 rings (SSSR count). The standard InChI is InChI=1S/C12H15NO4.C6H12.C3H5Cl/c14-9-2-3-10(11(15)8-9)12(16)13-4-1-6-17-7-5-13;1-4-5-6(2)3;1-2-3-4/h2-3,8,14-15H,1,4-7H2;4-6H,1-3H3;2-3H,1H3/b;5-4-;3-2+. The first-order chi connectivity index (χ1) is 12.9. The van der Waals surface area contributed by atoms with Crippen LogP contribution in [-0.2, 0) is 4.74 Å². The number of hydrogen-bond donors (Lipinski definition) is 2. The molecular weight excluding hydrogens is 366 g/mol. The number of carbonyl (C=O) groups is 1. The van der Waals surface area contributed by atoms with Crippen LogP contribution in [-0.4, -0.2) is 47.3 Å². The maximum Gasteiger partial charge on any atom is 0.257 e. The lowest BCUT2D eigenvalue weighted by atomic mass is 10.1. The van der Waals surface area contributed by atoms with E-state index in [0.29, 0.717) is 26.3 Å². The zero-order chi connectivity index (χ0) is 20.7. The van der Waals surface area contributed by atoms with Crippen LogP contribution < -0.4 is 0 Å². The van der Waals surface area contributed by atoms with Crippen LogP contribution in [0.25, 0.3) is 0 Å². The molecule has 0 unspecified atom stereocenters. The molecule has 1 aliphatic heterocycles. The number of allylic oxidation sites excluding steroid dienone is 3. The van der Waals surface area contributed by atoms with Gasteiger partial charge in [0.05, 0.1) is 12.2 Å². The van der Waals surface area contributed by atoms with E-state index in [0.717, 1.165) is 12.3 Å². The van der Waals surface area contributed by atoms with Gasteiger partial charge in [-0.25, -0.2) is 0 Å². The third kappa shape index (κ3) is 11.4. The SMILES string of the molecule is C/C=C/Cl.C/C=C\C(C)C.O=C(c1ccc(O)cc1O)N1CCCOCC1. The van der Waals surface area contributed by atoms with Gasteiger partial charge in [0.25, 0.3) is 5.91 Å². The average Bonchev–Trinajstić information content (AvgIpc) is 2.91. The van der Waals surface area contributed by atoms with E-state index in [1.807, 2.05) is 13.8 Å². The van der Waals surface area contributed by atoms with E-state index >= 15 is 0 Å². The predicted molar refractivity (Wildman–Crippen MR) is 111 cm³/mol. The fourth-order valence-corrected chi connectivity index (χ4v) is 2.21. The number of phenols is 2. The third-order valence-electron chi connectivity index (χ3n) is 3.42. The molecule has 1 aliphatic rings. The predicted octanol–water partition coefficient (Wildman–Crippen LogP) is 4.94. The van der Waals surface area contributed by atoms with Crippen molar-refractivity contribution < 1.29 is 19.7 Å². The van der Waals surface area contributed by atoms with E-state index in [4.69, 9.17) is 21.4 Å². The number of benzene rings is 1. The number of phenolic OH excluding ortho intramolecular Hbond substituents is 2. The van der Waals surface area contributed by atoms with E-state index in [-0.39, 0.29) is 23.0 Å². The number of ether oxygens (including phenoxy) is 1. The van der Waals surface area contributed by atoms with Crippen LogP contribution in [0.2, 0.25) is 0 Å². The summed E-state index contributed by atoms with van der Waals surface area (Å²) in [4.78, 5) is 13.8. The van der Waals surface area contributed by atoms with Crippen molar-refractivity contribution >= 4 is 17.5 Å². The number of nitrogens with zero attached hydrogens (tertiary/aromatic N) is 1. The Kier molecular flexibility index (Phi) is 14.0. The summed E-state index contributed by atoms with van der Waals surface area (Å²) in [7, 11) is 0. The molecule has 0 aromatic heterocycles. The van der Waals surface area contributed by atoms with Crippen LogP contribution >= 0.6 is 11.6 Å². The fraction of sp³-hybridized carbons (Fsp3) is 0.476. The van der Waals surface area contributed by atoms with Crippen molar-refractivity contribution in [1.29, 1.82) is 0 Å². The third-order valence-corrected chi connectivity index (χ3v) is 3.68. The molecular formula is C21H32ClNO4. The second kappa shape index (κ2) is 15.1. The molecule has 1 heterocycles. The van der Waals surface area contributed by atoms with Crippen molar-refractivity contribution in [3.8, 4) is 11.5 Å². The van der Waals surface area contributed by atoms with Gasteiger partial charge in [-0.2, -0.15) is 0 Å². The molecule has 6 heteroatoms. The molecule has 0 atom stereocenters. The first kappa shape index (κ1) is 25.0. The Morgan fingerprint density at radius 3 is 2.33 bits per heavy atom. The molecule has 1 saturated heterocycles. The van der Waals surface area contributed by atoms with Crippen molar-refractivity contribution in [1.82, 2.24) is 4.90 Å². The van der Waals surface area contributed by atoms with Gasteiger partial charge in [-0.05, 0) is 43.9 Å². The number of hydrogen-bond acceptors (Lipinski definition) is 4. The van der Waals surface area contributed by atoms with Crippen molar-refractivity contribution in [2.24, 2.45) is 5.92 Å². The number of amides is 1. The molecule has 5 nitrogen and oxygen atoms in total. The average molecular weight is 398 g/mol. The van der Waals surface area contributed by atoms with Gasteiger partial charge in [0.15, 0.2) is 0 Å². The molecule has 2 N–H and O–H groups in total. The zero-order valence-electron chi connectivity index (χ0n) is 16.7. The summed E-state index contributed by atoms with van der Waals surface area (Å²) in [5.41, 5.74) is 1.68. The van der Waals surface area contributed by atoms with E-state index < -0.39 is 0 Å². The minimum Gasteiger partial charge on any atom is -0.508 e. The Balaban J connectivity index is 0.000000564. The normalized spacial score (nSPS) is 14.4. The van der Waals surface area contributed by atoms with E-state index in [2.05, 4.69) is 26.0 Å². The van der Waals surface area contributed by atoms with Gasteiger partial charge in [0, 0.05) is 25.8 Å². The van der Waals surface area contributed by atoms with Gasteiger partial charge in [0.2, 0.25) is 0 Å². The monoisotopic (exact) mass is 397 g/mol. The maximum absolute atomic E-state index is 12.1. The van der Waals surface area contributed by atoms with Gasteiger partial charge in [-0.3, -0.25) is 4.79 Å². The van der Waals surface area contributed by atoms with Gasteiger partial charge in [-0.15, -0.1) is 0 Å². The summed E-state index contributed by atoms with van der Waals surface area (Å²) < 4.78 is 5.26. The Hall–Kier alpha value is -1.98. The van der Waals surface area contributed by atoms with Gasteiger partial charge < -0.3 is 19.8 Å². The number of aromatic hydroxyl groups is 2. The Labute approximate surface area is 167 Å². The molecule has 0 aliphatic carbocycles. The van der Waals surface area contributed by atoms with Crippen LogP contribution in [0.15, 0.2) is 42.0 Å².